The summed E-state index contributed by atoms with van der Waals surface area (Å²) in [6.45, 7) is 7.05. The number of amides is 1. The Balaban J connectivity index is 0.000000223. The zero-order valence-electron chi connectivity index (χ0n) is 21.2. The molecule has 1 aromatic heterocycles. The van der Waals surface area contributed by atoms with Crippen molar-refractivity contribution in [3.05, 3.63) is 59.8 Å². The van der Waals surface area contributed by atoms with Crippen molar-refractivity contribution in [2.45, 2.75) is 71.4 Å². The molecule has 8 heteroatoms. The van der Waals surface area contributed by atoms with E-state index in [0.29, 0.717) is 39.3 Å². The van der Waals surface area contributed by atoms with Gasteiger partial charge < -0.3 is 15.8 Å². The summed E-state index contributed by atoms with van der Waals surface area (Å²) in [6, 6.07) is 8.71. The number of hydrogen-bond acceptors (Lipinski definition) is 5. The lowest BCUT2D eigenvalue weighted by atomic mass is 9.96. The molecule has 1 heterocycles. The number of nitrogens with two attached hydrogens (primary N) is 1. The van der Waals surface area contributed by atoms with Crippen LogP contribution in [0.15, 0.2) is 42.6 Å². The number of hydrogen-bond donors (Lipinski definition) is 2. The number of halogens is 2. The maximum atomic E-state index is 13.4. The number of carbonyl (C=O) groups is 2. The molecule has 0 spiro atoms. The van der Waals surface area contributed by atoms with E-state index in [4.69, 9.17) is 10.5 Å². The van der Waals surface area contributed by atoms with Gasteiger partial charge in [-0.3, -0.25) is 9.78 Å². The molecular formula is C28H33F2N3O3. The van der Waals surface area contributed by atoms with Gasteiger partial charge in [0.15, 0.2) is 5.78 Å². The number of fused-ring (bicyclic) bond motifs is 1. The zero-order chi connectivity index (χ0) is 26.5. The average Bonchev–Trinajstić information content (AvgIpc) is 2.78. The largest absolute Gasteiger partial charge is 0.444 e. The number of nitrogens with one attached hydrogen (secondary N) is 1. The Hall–Kier alpha value is -3.55. The Morgan fingerprint density at radius 2 is 1.64 bits per heavy atom. The van der Waals surface area contributed by atoms with E-state index in [1.807, 2.05) is 20.8 Å². The minimum atomic E-state index is -0.654. The minimum absolute atomic E-state index is 0.186. The summed E-state index contributed by atoms with van der Waals surface area (Å²) in [5.41, 5.74) is 7.88. The summed E-state index contributed by atoms with van der Waals surface area (Å²) in [5, 5.41) is 3.49. The third kappa shape index (κ3) is 7.47. The van der Waals surface area contributed by atoms with Crippen LogP contribution in [0.25, 0.3) is 22.0 Å². The highest BCUT2D eigenvalue weighted by molar-refractivity contribution is 6.06. The van der Waals surface area contributed by atoms with Crippen LogP contribution < -0.4 is 11.1 Å². The molecule has 2 aromatic carbocycles. The molecule has 3 aromatic rings. The van der Waals surface area contributed by atoms with Gasteiger partial charge in [0.1, 0.15) is 17.2 Å². The summed E-state index contributed by atoms with van der Waals surface area (Å²) in [4.78, 5) is 27.1. The van der Waals surface area contributed by atoms with Gasteiger partial charge in [-0.15, -0.1) is 0 Å². The molecule has 192 valence electrons. The molecule has 1 aliphatic carbocycles. The number of rotatable bonds is 3. The highest BCUT2D eigenvalue weighted by Gasteiger charge is 2.20. The fraction of sp³-hybridized carbons (Fsp3) is 0.393. The van der Waals surface area contributed by atoms with E-state index in [1.165, 1.54) is 44.5 Å². The summed E-state index contributed by atoms with van der Waals surface area (Å²) < 4.78 is 31.9. The van der Waals surface area contributed by atoms with Crippen LogP contribution in [0.3, 0.4) is 0 Å². The molecule has 3 N–H and O–H groups in total. The summed E-state index contributed by atoms with van der Waals surface area (Å²) in [7, 11) is 0. The average molecular weight is 498 g/mol. The van der Waals surface area contributed by atoms with Gasteiger partial charge in [0, 0.05) is 23.7 Å². The van der Waals surface area contributed by atoms with Crippen molar-refractivity contribution in [3.8, 4) is 11.1 Å². The van der Waals surface area contributed by atoms with E-state index in [2.05, 4.69) is 10.3 Å². The van der Waals surface area contributed by atoms with E-state index in [-0.39, 0.29) is 11.9 Å². The van der Waals surface area contributed by atoms with Crippen LogP contribution in [0.4, 0.5) is 19.3 Å². The molecular weight excluding hydrogens is 464 g/mol. The van der Waals surface area contributed by atoms with Crippen molar-refractivity contribution >= 4 is 28.5 Å². The van der Waals surface area contributed by atoms with Gasteiger partial charge in [-0.25, -0.2) is 13.6 Å². The third-order valence-corrected chi connectivity index (χ3v) is 5.81. The highest BCUT2D eigenvalue weighted by atomic mass is 19.1. The van der Waals surface area contributed by atoms with E-state index in [9.17, 15) is 18.4 Å². The Bertz CT molecular complexity index is 1230. The van der Waals surface area contributed by atoms with Crippen molar-refractivity contribution in [3.63, 3.8) is 0 Å². The third-order valence-electron chi connectivity index (χ3n) is 5.81. The minimum Gasteiger partial charge on any atom is -0.444 e. The Morgan fingerprint density at radius 3 is 2.22 bits per heavy atom. The quantitative estimate of drug-likeness (QED) is 0.388. The first-order valence-corrected chi connectivity index (χ1v) is 12.1. The Labute approximate surface area is 210 Å². The lowest BCUT2D eigenvalue weighted by Gasteiger charge is -2.25. The maximum Gasteiger partial charge on any atom is 0.407 e. The molecule has 1 aliphatic rings. The summed E-state index contributed by atoms with van der Waals surface area (Å²) in [5.74, 6) is -1.49. The molecule has 6 nitrogen and oxygen atoms in total. The number of carbonyl (C=O) groups excluding carboxylic acids is 2. The number of ether oxygens (including phenoxy) is 1. The second-order valence-corrected chi connectivity index (χ2v) is 10.0. The standard InChI is InChI=1S/C17H12F2N2O.C11H21NO2/c1-9(22)15-8-21-16-3-2-10(6-14(16)17(15)20)11-4-12(18)7-13(19)5-11;1-11(2,3)14-10(13)12-9-7-5-4-6-8-9/h2-8H,1H3,(H2,20,21);9H,4-8H2,1-3H3,(H,12,13). The number of aromatic nitrogens is 1. The van der Waals surface area contributed by atoms with Crippen LogP contribution in [0.1, 0.15) is 70.2 Å². The van der Waals surface area contributed by atoms with Crippen LogP contribution >= 0.6 is 0 Å². The molecule has 0 saturated heterocycles. The number of Topliss-reactive ketones (excluding diaryl/α,β-unsaturated/α-hetero) is 1. The van der Waals surface area contributed by atoms with Crippen LogP contribution in [0.2, 0.25) is 0 Å². The SMILES string of the molecule is CC(=O)c1cnc2ccc(-c3cc(F)cc(F)c3)cc2c1N.CC(C)(C)OC(=O)NC1CCCCC1. The summed E-state index contributed by atoms with van der Waals surface area (Å²) >= 11 is 0. The normalized spacial score (nSPS) is 14.1. The number of nitrogens with zero attached hydrogens (tertiary/aromatic N) is 1. The van der Waals surface area contributed by atoms with Crippen LogP contribution in [-0.2, 0) is 4.74 Å². The first-order valence-electron chi connectivity index (χ1n) is 12.1. The van der Waals surface area contributed by atoms with Gasteiger partial charge in [0.25, 0.3) is 0 Å². The van der Waals surface area contributed by atoms with Crippen LogP contribution in [-0.4, -0.2) is 28.5 Å². The van der Waals surface area contributed by atoms with Gasteiger partial charge >= 0.3 is 6.09 Å². The van der Waals surface area contributed by atoms with Gasteiger partial charge in [-0.2, -0.15) is 0 Å². The molecule has 0 aliphatic heterocycles. The molecule has 1 fully saturated rings. The predicted octanol–water partition coefficient (Wildman–Crippen LogP) is 6.81. The van der Waals surface area contributed by atoms with Gasteiger partial charge in [-0.1, -0.05) is 25.3 Å². The summed E-state index contributed by atoms with van der Waals surface area (Å²) in [6.07, 6.45) is 7.09. The highest BCUT2D eigenvalue weighted by Crippen LogP contribution is 2.29. The van der Waals surface area contributed by atoms with Crippen molar-refractivity contribution in [1.82, 2.24) is 10.3 Å². The Kier molecular flexibility index (Phi) is 8.61. The van der Waals surface area contributed by atoms with Crippen molar-refractivity contribution < 1.29 is 23.1 Å². The van der Waals surface area contributed by atoms with Gasteiger partial charge in [0.2, 0.25) is 0 Å². The van der Waals surface area contributed by atoms with Crippen molar-refractivity contribution in [1.29, 1.82) is 0 Å². The van der Waals surface area contributed by atoms with Crippen LogP contribution in [0.5, 0.6) is 0 Å². The topological polar surface area (TPSA) is 94.3 Å². The number of ketones is 1. The number of nitrogen functional groups attached to an aromatic ring is 1. The maximum absolute atomic E-state index is 13.4. The molecule has 4 rings (SSSR count). The second kappa shape index (κ2) is 11.5. The molecule has 1 amide bonds. The lowest BCUT2D eigenvalue weighted by molar-refractivity contribution is 0.0493. The number of alkyl carbamates (subject to hydrolysis) is 1. The van der Waals surface area contributed by atoms with Gasteiger partial charge in [0.05, 0.1) is 16.8 Å². The smallest absolute Gasteiger partial charge is 0.407 e. The first-order chi connectivity index (χ1) is 16.9. The van der Waals surface area contributed by atoms with Gasteiger partial charge in [-0.05, 0) is 75.9 Å². The fourth-order valence-corrected chi connectivity index (χ4v) is 4.11. The van der Waals surface area contributed by atoms with Crippen molar-refractivity contribution in [2.75, 3.05) is 5.73 Å². The molecule has 1 saturated carbocycles. The van der Waals surface area contributed by atoms with E-state index in [0.717, 1.165) is 18.9 Å². The lowest BCUT2D eigenvalue weighted by Crippen LogP contribution is -2.39. The van der Waals surface area contributed by atoms with E-state index >= 15 is 0 Å². The van der Waals surface area contributed by atoms with E-state index in [1.54, 1.807) is 18.2 Å². The Morgan fingerprint density at radius 1 is 1.00 bits per heavy atom. The molecule has 0 atom stereocenters. The first kappa shape index (κ1) is 27.0. The predicted molar refractivity (Wildman–Crippen MR) is 138 cm³/mol. The number of anilines is 1. The number of benzene rings is 2. The molecule has 0 unspecified atom stereocenters. The number of pyridine rings is 1. The molecule has 36 heavy (non-hydrogen) atoms. The van der Waals surface area contributed by atoms with Crippen molar-refractivity contribution in [2.24, 2.45) is 0 Å². The fourth-order valence-electron chi connectivity index (χ4n) is 4.11. The van der Waals surface area contributed by atoms with Crippen LogP contribution in [0, 0.1) is 11.6 Å². The molecule has 0 bridgehead atoms. The van der Waals surface area contributed by atoms with E-state index < -0.39 is 17.2 Å². The molecule has 0 radical (unpaired) electrons. The monoisotopic (exact) mass is 497 g/mol. The zero-order valence-corrected chi connectivity index (χ0v) is 21.2. The second-order valence-electron chi connectivity index (χ2n) is 10.0.